The predicted molar refractivity (Wildman–Crippen MR) is 87.1 cm³/mol. The third-order valence-electron chi connectivity index (χ3n) is 4.87. The Labute approximate surface area is 141 Å². The molecule has 130 valence electrons. The average Bonchev–Trinajstić information content (AvgIpc) is 2.61. The number of aliphatic carboxylic acids is 1. The van der Waals surface area contributed by atoms with Crippen molar-refractivity contribution in [3.8, 4) is 11.5 Å². The Morgan fingerprint density at radius 2 is 1.71 bits per heavy atom. The zero-order chi connectivity index (χ0) is 17.1. The van der Waals surface area contributed by atoms with Gasteiger partial charge in [-0.3, -0.25) is 9.59 Å². The smallest absolute Gasteiger partial charge is 0.306 e. The van der Waals surface area contributed by atoms with Gasteiger partial charge in [-0.05, 0) is 50.3 Å². The van der Waals surface area contributed by atoms with E-state index in [0.717, 1.165) is 11.3 Å². The Morgan fingerprint density at radius 1 is 1.08 bits per heavy atom. The molecule has 1 amide bonds. The summed E-state index contributed by atoms with van der Waals surface area (Å²) in [5, 5.41) is 12.1. The highest BCUT2D eigenvalue weighted by atomic mass is 16.6. The standard InChI is InChI=1S/C18H23NO5/c1-11(14-6-7-15-16(10-14)24-9-8-23-15)19-17(20)12-2-4-13(5-3-12)18(21)22/h6-7,10-13H,2-5,8-9H2,1H3,(H,19,20)(H,21,22). The highest BCUT2D eigenvalue weighted by Crippen LogP contribution is 2.33. The molecule has 0 radical (unpaired) electrons. The summed E-state index contributed by atoms with van der Waals surface area (Å²) in [6.45, 7) is 3.02. The molecule has 3 rings (SSSR count). The number of benzene rings is 1. The molecule has 0 bridgehead atoms. The molecule has 1 fully saturated rings. The van der Waals surface area contributed by atoms with Crippen LogP contribution in [-0.2, 0) is 9.59 Å². The summed E-state index contributed by atoms with van der Waals surface area (Å²) < 4.78 is 11.1. The minimum absolute atomic E-state index is 0.00114. The molecule has 6 nitrogen and oxygen atoms in total. The number of fused-ring (bicyclic) bond motifs is 1. The minimum atomic E-state index is -0.751. The first-order valence-corrected chi connectivity index (χ1v) is 8.47. The van der Waals surface area contributed by atoms with Gasteiger partial charge in [0.15, 0.2) is 11.5 Å². The molecule has 1 aromatic carbocycles. The second-order valence-corrected chi connectivity index (χ2v) is 6.52. The topological polar surface area (TPSA) is 84.9 Å². The quantitative estimate of drug-likeness (QED) is 0.884. The van der Waals surface area contributed by atoms with Crippen molar-refractivity contribution in [3.05, 3.63) is 23.8 Å². The highest BCUT2D eigenvalue weighted by molar-refractivity contribution is 5.79. The fraction of sp³-hybridized carbons (Fsp3) is 0.556. The Hall–Kier alpha value is -2.24. The lowest BCUT2D eigenvalue weighted by Crippen LogP contribution is -2.35. The molecule has 1 heterocycles. The van der Waals surface area contributed by atoms with Gasteiger partial charge >= 0.3 is 5.97 Å². The maximum absolute atomic E-state index is 12.4. The monoisotopic (exact) mass is 333 g/mol. The van der Waals surface area contributed by atoms with Gasteiger partial charge in [-0.1, -0.05) is 6.07 Å². The van der Waals surface area contributed by atoms with E-state index in [1.165, 1.54) is 0 Å². The van der Waals surface area contributed by atoms with E-state index in [0.29, 0.717) is 44.6 Å². The van der Waals surface area contributed by atoms with Gasteiger partial charge in [-0.2, -0.15) is 0 Å². The molecule has 24 heavy (non-hydrogen) atoms. The maximum atomic E-state index is 12.4. The van der Waals surface area contributed by atoms with E-state index in [4.69, 9.17) is 14.6 Å². The van der Waals surface area contributed by atoms with Crippen LogP contribution in [0.4, 0.5) is 0 Å². The number of carboxylic acid groups (broad SMARTS) is 1. The Morgan fingerprint density at radius 3 is 2.38 bits per heavy atom. The molecule has 6 heteroatoms. The number of hydrogen-bond acceptors (Lipinski definition) is 4. The molecule has 0 spiro atoms. The molecule has 0 aromatic heterocycles. The highest BCUT2D eigenvalue weighted by Gasteiger charge is 2.30. The summed E-state index contributed by atoms with van der Waals surface area (Å²) in [5.41, 5.74) is 0.965. The second-order valence-electron chi connectivity index (χ2n) is 6.52. The Kier molecular flexibility index (Phi) is 4.92. The van der Waals surface area contributed by atoms with Crippen molar-refractivity contribution in [2.45, 2.75) is 38.6 Å². The molecule has 2 N–H and O–H groups in total. The number of amides is 1. The van der Waals surface area contributed by atoms with Gasteiger partial charge in [0, 0.05) is 5.92 Å². The van der Waals surface area contributed by atoms with E-state index in [-0.39, 0.29) is 23.8 Å². The zero-order valence-electron chi connectivity index (χ0n) is 13.8. The Balaban J connectivity index is 1.57. The van der Waals surface area contributed by atoms with Gasteiger partial charge in [-0.15, -0.1) is 0 Å². The third-order valence-corrected chi connectivity index (χ3v) is 4.87. The van der Waals surface area contributed by atoms with E-state index in [1.54, 1.807) is 0 Å². The maximum Gasteiger partial charge on any atom is 0.306 e. The van der Waals surface area contributed by atoms with Crippen LogP contribution in [0.5, 0.6) is 11.5 Å². The molecule has 1 atom stereocenters. The van der Waals surface area contributed by atoms with Gasteiger partial charge < -0.3 is 19.9 Å². The van der Waals surface area contributed by atoms with E-state index in [1.807, 2.05) is 25.1 Å². The van der Waals surface area contributed by atoms with Crippen molar-refractivity contribution >= 4 is 11.9 Å². The van der Waals surface area contributed by atoms with E-state index in [9.17, 15) is 9.59 Å². The molecule has 1 unspecified atom stereocenters. The summed E-state index contributed by atoms with van der Waals surface area (Å²) >= 11 is 0. The molecule has 1 aliphatic heterocycles. The minimum Gasteiger partial charge on any atom is -0.486 e. The molecule has 2 aliphatic rings. The van der Waals surface area contributed by atoms with Gasteiger partial charge in [0.2, 0.25) is 5.91 Å². The number of carboxylic acids is 1. The number of carbonyl (C=O) groups excluding carboxylic acids is 1. The normalized spacial score (nSPS) is 24.0. The summed E-state index contributed by atoms with van der Waals surface area (Å²) in [4.78, 5) is 23.4. The van der Waals surface area contributed by atoms with Crippen molar-refractivity contribution in [3.63, 3.8) is 0 Å². The van der Waals surface area contributed by atoms with Crippen LogP contribution < -0.4 is 14.8 Å². The van der Waals surface area contributed by atoms with Crippen LogP contribution in [0.3, 0.4) is 0 Å². The van der Waals surface area contributed by atoms with Crippen LogP contribution >= 0.6 is 0 Å². The van der Waals surface area contributed by atoms with Crippen LogP contribution in [0.2, 0.25) is 0 Å². The van der Waals surface area contributed by atoms with Crippen LogP contribution in [0.25, 0.3) is 0 Å². The van der Waals surface area contributed by atoms with Gasteiger partial charge in [0.1, 0.15) is 13.2 Å². The molecule has 1 aromatic rings. The van der Waals surface area contributed by atoms with E-state index < -0.39 is 5.97 Å². The van der Waals surface area contributed by atoms with Crippen LogP contribution in [-0.4, -0.2) is 30.2 Å². The van der Waals surface area contributed by atoms with Crippen LogP contribution in [0, 0.1) is 11.8 Å². The largest absolute Gasteiger partial charge is 0.486 e. The van der Waals surface area contributed by atoms with E-state index in [2.05, 4.69) is 5.32 Å². The first-order valence-electron chi connectivity index (χ1n) is 8.47. The lowest BCUT2D eigenvalue weighted by atomic mass is 9.81. The number of ether oxygens (including phenoxy) is 2. The van der Waals surface area contributed by atoms with Crippen molar-refractivity contribution in [1.29, 1.82) is 0 Å². The molecule has 1 aliphatic carbocycles. The number of rotatable bonds is 4. The van der Waals surface area contributed by atoms with Gasteiger partial charge in [-0.25, -0.2) is 0 Å². The fourth-order valence-corrected chi connectivity index (χ4v) is 3.35. The third kappa shape index (κ3) is 3.63. The first-order chi connectivity index (χ1) is 11.5. The average molecular weight is 333 g/mol. The predicted octanol–water partition coefficient (Wildman–Crippen LogP) is 2.53. The fourth-order valence-electron chi connectivity index (χ4n) is 3.35. The van der Waals surface area contributed by atoms with Crippen molar-refractivity contribution < 1.29 is 24.2 Å². The lowest BCUT2D eigenvalue weighted by molar-refractivity contribution is -0.144. The van der Waals surface area contributed by atoms with Crippen LogP contribution in [0.15, 0.2) is 18.2 Å². The SMILES string of the molecule is CC(NC(=O)C1CCC(C(=O)O)CC1)c1ccc2c(c1)OCCO2. The van der Waals surface area contributed by atoms with Crippen molar-refractivity contribution in [2.24, 2.45) is 11.8 Å². The lowest BCUT2D eigenvalue weighted by Gasteiger charge is -2.27. The van der Waals surface area contributed by atoms with Crippen molar-refractivity contribution in [2.75, 3.05) is 13.2 Å². The second kappa shape index (κ2) is 7.11. The van der Waals surface area contributed by atoms with Gasteiger partial charge in [0.05, 0.1) is 12.0 Å². The van der Waals surface area contributed by atoms with Crippen molar-refractivity contribution in [1.82, 2.24) is 5.32 Å². The van der Waals surface area contributed by atoms with E-state index >= 15 is 0 Å². The summed E-state index contributed by atoms with van der Waals surface area (Å²) in [5.74, 6) is 0.293. The first kappa shape index (κ1) is 16.6. The zero-order valence-corrected chi connectivity index (χ0v) is 13.8. The number of carbonyl (C=O) groups is 2. The van der Waals surface area contributed by atoms with Gasteiger partial charge in [0.25, 0.3) is 0 Å². The number of hydrogen-bond donors (Lipinski definition) is 2. The molecule has 0 saturated heterocycles. The molecular weight excluding hydrogens is 310 g/mol. The molecule has 1 saturated carbocycles. The Bertz CT molecular complexity index is 622. The van der Waals surface area contributed by atoms with Crippen LogP contribution in [0.1, 0.15) is 44.2 Å². The number of nitrogens with one attached hydrogen (secondary N) is 1. The molecular formula is C18H23NO5. The summed E-state index contributed by atoms with van der Waals surface area (Å²) in [6.07, 6.45) is 2.42. The summed E-state index contributed by atoms with van der Waals surface area (Å²) in [7, 11) is 0. The summed E-state index contributed by atoms with van der Waals surface area (Å²) in [6, 6.07) is 5.57.